The molecule has 0 aliphatic carbocycles. The fourth-order valence-corrected chi connectivity index (χ4v) is 1.00. The summed E-state index contributed by atoms with van der Waals surface area (Å²) < 4.78 is 0. The van der Waals surface area contributed by atoms with Crippen molar-refractivity contribution >= 4 is 11.7 Å². The Hall–Kier alpha value is -1.95. The predicted molar refractivity (Wildman–Crippen MR) is 47.4 cm³/mol. The molecule has 0 spiro atoms. The number of nitro groups is 1. The molecule has 0 aliphatic rings. The lowest BCUT2D eigenvalue weighted by Gasteiger charge is -2.00. The molecule has 0 aliphatic heterocycles. The van der Waals surface area contributed by atoms with Gasteiger partial charge in [0.15, 0.2) is 0 Å². The van der Waals surface area contributed by atoms with Gasteiger partial charge in [-0.2, -0.15) is 5.90 Å². The first-order valence-corrected chi connectivity index (χ1v) is 3.72. The standard InChI is InChI=1S/C8H8N2O4/c1-5-2-3-6(8(11)14-9)4-7(5)10(12)13/h2-4H,9H2,1H3. The number of nitro benzene ring substituents is 1. The van der Waals surface area contributed by atoms with Crippen LogP contribution in [0.1, 0.15) is 15.9 Å². The molecule has 0 fully saturated rings. The topological polar surface area (TPSA) is 95.5 Å². The Labute approximate surface area is 79.4 Å². The van der Waals surface area contributed by atoms with Crippen LogP contribution in [0.3, 0.4) is 0 Å². The average molecular weight is 196 g/mol. The van der Waals surface area contributed by atoms with Crippen LogP contribution in [0.15, 0.2) is 18.2 Å². The normalized spacial score (nSPS) is 9.57. The minimum atomic E-state index is -0.798. The van der Waals surface area contributed by atoms with Gasteiger partial charge in [0.2, 0.25) is 0 Å². The van der Waals surface area contributed by atoms with Gasteiger partial charge in [0, 0.05) is 11.6 Å². The summed E-state index contributed by atoms with van der Waals surface area (Å²) in [5.41, 5.74) is 0.404. The molecule has 6 nitrogen and oxygen atoms in total. The van der Waals surface area contributed by atoms with Gasteiger partial charge < -0.3 is 4.84 Å². The molecule has 0 saturated carbocycles. The first-order valence-electron chi connectivity index (χ1n) is 3.72. The summed E-state index contributed by atoms with van der Waals surface area (Å²) in [6.45, 7) is 1.58. The number of nitrogens with zero attached hydrogens (tertiary/aromatic N) is 1. The number of hydrogen-bond acceptors (Lipinski definition) is 5. The van der Waals surface area contributed by atoms with Gasteiger partial charge in [-0.1, -0.05) is 6.07 Å². The van der Waals surface area contributed by atoms with E-state index in [0.717, 1.165) is 6.07 Å². The smallest absolute Gasteiger partial charge is 0.356 e. The predicted octanol–water partition coefficient (Wildman–Crippen LogP) is 0.934. The third-order valence-corrected chi connectivity index (χ3v) is 1.75. The fourth-order valence-electron chi connectivity index (χ4n) is 1.00. The summed E-state index contributed by atoms with van der Waals surface area (Å²) in [7, 11) is 0. The van der Waals surface area contributed by atoms with E-state index in [4.69, 9.17) is 0 Å². The van der Waals surface area contributed by atoms with Crippen LogP contribution in [-0.4, -0.2) is 10.9 Å². The number of benzene rings is 1. The Bertz CT molecular complexity index is 389. The highest BCUT2D eigenvalue weighted by molar-refractivity contribution is 5.90. The second-order valence-electron chi connectivity index (χ2n) is 2.66. The van der Waals surface area contributed by atoms with Crippen LogP contribution in [0, 0.1) is 17.0 Å². The highest BCUT2D eigenvalue weighted by atomic mass is 16.7. The zero-order valence-electron chi connectivity index (χ0n) is 7.39. The molecule has 0 aromatic heterocycles. The van der Waals surface area contributed by atoms with Gasteiger partial charge in [0.1, 0.15) is 0 Å². The minimum Gasteiger partial charge on any atom is -0.370 e. The molecule has 0 atom stereocenters. The zero-order chi connectivity index (χ0) is 10.7. The van der Waals surface area contributed by atoms with Crippen LogP contribution in [0.2, 0.25) is 0 Å². The molecule has 2 N–H and O–H groups in total. The number of aryl methyl sites for hydroxylation is 1. The second-order valence-corrected chi connectivity index (χ2v) is 2.66. The Morgan fingerprint density at radius 3 is 2.71 bits per heavy atom. The number of carbonyl (C=O) groups is 1. The van der Waals surface area contributed by atoms with Gasteiger partial charge in [-0.15, -0.1) is 0 Å². The highest BCUT2D eigenvalue weighted by Gasteiger charge is 2.15. The first-order chi connectivity index (χ1) is 6.56. The fraction of sp³-hybridized carbons (Fsp3) is 0.125. The second kappa shape index (κ2) is 3.84. The molecule has 0 heterocycles. The van der Waals surface area contributed by atoms with Gasteiger partial charge in [0.25, 0.3) is 5.69 Å². The van der Waals surface area contributed by atoms with Crippen molar-refractivity contribution in [2.24, 2.45) is 5.90 Å². The monoisotopic (exact) mass is 196 g/mol. The Morgan fingerprint density at radius 1 is 1.57 bits per heavy atom. The number of hydrogen-bond donors (Lipinski definition) is 1. The number of nitrogens with two attached hydrogens (primary N) is 1. The van der Waals surface area contributed by atoms with Gasteiger partial charge >= 0.3 is 5.97 Å². The molecular formula is C8H8N2O4. The molecular weight excluding hydrogens is 188 g/mol. The van der Waals surface area contributed by atoms with Crippen LogP contribution in [0.25, 0.3) is 0 Å². The molecule has 1 aromatic rings. The van der Waals surface area contributed by atoms with E-state index in [1.165, 1.54) is 12.1 Å². The summed E-state index contributed by atoms with van der Waals surface area (Å²) in [6.07, 6.45) is 0. The molecule has 1 rings (SSSR count). The van der Waals surface area contributed by atoms with Gasteiger partial charge in [-0.25, -0.2) is 4.79 Å². The van der Waals surface area contributed by atoms with Crippen LogP contribution < -0.4 is 5.90 Å². The maximum atomic E-state index is 10.9. The molecule has 0 bridgehead atoms. The molecule has 0 unspecified atom stereocenters. The van der Waals surface area contributed by atoms with Gasteiger partial charge in [0.05, 0.1) is 10.5 Å². The van der Waals surface area contributed by atoms with E-state index in [9.17, 15) is 14.9 Å². The van der Waals surface area contributed by atoms with Crippen molar-refractivity contribution in [3.05, 3.63) is 39.4 Å². The summed E-state index contributed by atoms with van der Waals surface area (Å²) in [6, 6.07) is 4.01. The van der Waals surface area contributed by atoms with Crippen molar-refractivity contribution < 1.29 is 14.6 Å². The Morgan fingerprint density at radius 2 is 2.21 bits per heavy atom. The molecule has 0 radical (unpaired) electrons. The quantitative estimate of drug-likeness (QED) is 0.560. The van der Waals surface area contributed by atoms with E-state index in [2.05, 4.69) is 10.7 Å². The van der Waals surface area contributed by atoms with E-state index in [1.807, 2.05) is 0 Å². The van der Waals surface area contributed by atoms with Crippen molar-refractivity contribution in [1.29, 1.82) is 0 Å². The SMILES string of the molecule is Cc1ccc(C(=O)ON)cc1[N+](=O)[O-]. The molecule has 14 heavy (non-hydrogen) atoms. The molecule has 74 valence electrons. The van der Waals surface area contributed by atoms with E-state index in [-0.39, 0.29) is 11.3 Å². The van der Waals surface area contributed by atoms with E-state index < -0.39 is 10.9 Å². The summed E-state index contributed by atoms with van der Waals surface area (Å²) >= 11 is 0. The maximum Gasteiger partial charge on any atom is 0.356 e. The lowest BCUT2D eigenvalue weighted by Crippen LogP contribution is -2.10. The van der Waals surface area contributed by atoms with Crippen molar-refractivity contribution in [2.75, 3.05) is 0 Å². The highest BCUT2D eigenvalue weighted by Crippen LogP contribution is 2.19. The third kappa shape index (κ3) is 1.86. The zero-order valence-corrected chi connectivity index (χ0v) is 7.39. The molecule has 6 heteroatoms. The summed E-state index contributed by atoms with van der Waals surface area (Å²) in [5.74, 6) is 3.85. The van der Waals surface area contributed by atoms with Gasteiger partial charge in [-0.05, 0) is 13.0 Å². The number of rotatable bonds is 2. The largest absolute Gasteiger partial charge is 0.370 e. The van der Waals surface area contributed by atoms with Crippen LogP contribution in [0.4, 0.5) is 5.69 Å². The van der Waals surface area contributed by atoms with Crippen LogP contribution >= 0.6 is 0 Å². The number of carbonyl (C=O) groups excluding carboxylic acids is 1. The lowest BCUT2D eigenvalue weighted by molar-refractivity contribution is -0.385. The van der Waals surface area contributed by atoms with E-state index in [0.29, 0.717) is 5.56 Å². The van der Waals surface area contributed by atoms with E-state index >= 15 is 0 Å². The molecule has 1 aromatic carbocycles. The summed E-state index contributed by atoms with van der Waals surface area (Å²) in [5, 5.41) is 10.5. The van der Waals surface area contributed by atoms with E-state index in [1.54, 1.807) is 6.92 Å². The van der Waals surface area contributed by atoms with Crippen LogP contribution in [0.5, 0.6) is 0 Å². The van der Waals surface area contributed by atoms with Crippen LogP contribution in [-0.2, 0) is 4.84 Å². The van der Waals surface area contributed by atoms with Gasteiger partial charge in [-0.3, -0.25) is 10.1 Å². The molecule has 0 saturated heterocycles. The maximum absolute atomic E-state index is 10.9. The molecule has 0 amide bonds. The van der Waals surface area contributed by atoms with Crippen molar-refractivity contribution in [1.82, 2.24) is 0 Å². The lowest BCUT2D eigenvalue weighted by atomic mass is 10.1. The van der Waals surface area contributed by atoms with Crippen molar-refractivity contribution in [3.63, 3.8) is 0 Å². The summed E-state index contributed by atoms with van der Waals surface area (Å²) in [4.78, 5) is 24.8. The first kappa shape index (κ1) is 10.1. The average Bonchev–Trinajstić information content (AvgIpc) is 2.17. The third-order valence-electron chi connectivity index (χ3n) is 1.75. The Balaban J connectivity index is 3.19. The van der Waals surface area contributed by atoms with Crippen molar-refractivity contribution in [3.8, 4) is 0 Å². The van der Waals surface area contributed by atoms with Crippen molar-refractivity contribution in [2.45, 2.75) is 6.92 Å². The minimum absolute atomic E-state index is 0.0600. The Kier molecular flexibility index (Phi) is 2.78.